The van der Waals surface area contributed by atoms with Gasteiger partial charge in [0.15, 0.2) is 0 Å². The first-order chi connectivity index (χ1) is 14.4. The molecule has 3 aromatic carbocycles. The minimum atomic E-state index is -0.365. The second-order valence-corrected chi connectivity index (χ2v) is 8.31. The summed E-state index contributed by atoms with van der Waals surface area (Å²) in [5.74, 6) is 0. The Hall–Kier alpha value is -2.36. The standard InChI is InChI=1S/C26H28BNO/c1-4-12-22(13-5-1)14-10-20-27-28-21-11-19-25(28)26(29-27,23-15-6-2-7-16-23)24-17-8-3-9-18-24/h1-9,12-13,15-18,25H,10-11,14,19-21H2/t25-/m0/s1. The Bertz CT molecular complexity index is 876. The lowest BCUT2D eigenvalue weighted by atomic mass is 9.74. The lowest BCUT2D eigenvalue weighted by molar-refractivity contribution is 0.105. The quantitative estimate of drug-likeness (QED) is 0.520. The zero-order valence-electron chi connectivity index (χ0n) is 16.9. The van der Waals surface area contributed by atoms with Crippen molar-refractivity contribution in [2.75, 3.05) is 6.54 Å². The Kier molecular flexibility index (Phi) is 5.26. The van der Waals surface area contributed by atoms with Crippen LogP contribution in [0.15, 0.2) is 91.0 Å². The van der Waals surface area contributed by atoms with Crippen molar-refractivity contribution in [2.24, 2.45) is 0 Å². The van der Waals surface area contributed by atoms with Crippen LogP contribution in [0.5, 0.6) is 0 Å². The molecule has 2 aliphatic rings. The Labute approximate surface area is 174 Å². The minimum absolute atomic E-state index is 0.187. The molecular weight excluding hydrogens is 353 g/mol. The average molecular weight is 381 g/mol. The van der Waals surface area contributed by atoms with Gasteiger partial charge in [-0.2, -0.15) is 0 Å². The van der Waals surface area contributed by atoms with Crippen molar-refractivity contribution < 1.29 is 4.65 Å². The van der Waals surface area contributed by atoms with Crippen molar-refractivity contribution in [1.82, 2.24) is 4.81 Å². The number of nitrogens with zero attached hydrogens (tertiary/aromatic N) is 1. The molecule has 3 aromatic rings. The number of fused-ring (bicyclic) bond motifs is 1. The van der Waals surface area contributed by atoms with Crippen molar-refractivity contribution in [3.8, 4) is 0 Å². The van der Waals surface area contributed by atoms with Gasteiger partial charge in [-0.15, -0.1) is 0 Å². The summed E-state index contributed by atoms with van der Waals surface area (Å²) >= 11 is 0. The van der Waals surface area contributed by atoms with Crippen LogP contribution in [0.25, 0.3) is 0 Å². The molecule has 146 valence electrons. The highest BCUT2D eigenvalue weighted by Crippen LogP contribution is 2.49. The first-order valence-corrected chi connectivity index (χ1v) is 11.0. The molecule has 0 aromatic heterocycles. The van der Waals surface area contributed by atoms with Crippen LogP contribution in [-0.4, -0.2) is 24.4 Å². The predicted molar refractivity (Wildman–Crippen MR) is 120 cm³/mol. The van der Waals surface area contributed by atoms with Crippen LogP contribution in [0, 0.1) is 0 Å². The second-order valence-electron chi connectivity index (χ2n) is 8.31. The van der Waals surface area contributed by atoms with Crippen molar-refractivity contribution >= 4 is 7.05 Å². The summed E-state index contributed by atoms with van der Waals surface area (Å²) in [7, 11) is 0.187. The number of benzene rings is 3. The summed E-state index contributed by atoms with van der Waals surface area (Å²) in [6.45, 7) is 1.14. The molecule has 0 spiro atoms. The molecule has 2 heterocycles. The first-order valence-electron chi connectivity index (χ1n) is 11.0. The van der Waals surface area contributed by atoms with E-state index in [2.05, 4.69) is 95.8 Å². The largest absolute Gasteiger partial charge is 0.406 e. The Morgan fingerprint density at radius 2 is 1.41 bits per heavy atom. The summed E-state index contributed by atoms with van der Waals surface area (Å²) in [5.41, 5.74) is 3.62. The van der Waals surface area contributed by atoms with E-state index >= 15 is 0 Å². The van der Waals surface area contributed by atoms with Crippen LogP contribution >= 0.6 is 0 Å². The van der Waals surface area contributed by atoms with E-state index in [0.29, 0.717) is 6.04 Å². The average Bonchev–Trinajstić information content (AvgIpc) is 3.39. The fraction of sp³-hybridized carbons (Fsp3) is 0.308. The van der Waals surface area contributed by atoms with Crippen molar-refractivity contribution in [1.29, 1.82) is 0 Å². The van der Waals surface area contributed by atoms with E-state index in [9.17, 15) is 0 Å². The number of hydrogen-bond donors (Lipinski definition) is 0. The Balaban J connectivity index is 1.44. The third kappa shape index (κ3) is 3.43. The van der Waals surface area contributed by atoms with Gasteiger partial charge in [0.05, 0.1) is 0 Å². The van der Waals surface area contributed by atoms with Crippen LogP contribution in [0.3, 0.4) is 0 Å². The van der Waals surface area contributed by atoms with Crippen LogP contribution < -0.4 is 0 Å². The fourth-order valence-corrected chi connectivity index (χ4v) is 5.34. The highest BCUT2D eigenvalue weighted by Gasteiger charge is 2.57. The van der Waals surface area contributed by atoms with Crippen molar-refractivity contribution in [3.05, 3.63) is 108 Å². The molecule has 0 aliphatic carbocycles. The molecule has 29 heavy (non-hydrogen) atoms. The van der Waals surface area contributed by atoms with Gasteiger partial charge in [0.2, 0.25) is 0 Å². The monoisotopic (exact) mass is 381 g/mol. The molecule has 0 unspecified atom stereocenters. The molecule has 5 rings (SSSR count). The Morgan fingerprint density at radius 3 is 2.03 bits per heavy atom. The normalized spacial score (nSPS) is 20.7. The van der Waals surface area contributed by atoms with E-state index in [-0.39, 0.29) is 12.7 Å². The third-order valence-electron chi connectivity index (χ3n) is 6.62. The maximum atomic E-state index is 7.05. The van der Waals surface area contributed by atoms with Gasteiger partial charge < -0.3 is 9.47 Å². The highest BCUT2D eigenvalue weighted by atomic mass is 16.5. The summed E-state index contributed by atoms with van der Waals surface area (Å²) < 4.78 is 7.05. The summed E-state index contributed by atoms with van der Waals surface area (Å²) in [4.78, 5) is 2.64. The molecule has 2 aliphatic heterocycles. The van der Waals surface area contributed by atoms with Gasteiger partial charge in [-0.25, -0.2) is 0 Å². The van der Waals surface area contributed by atoms with Crippen LogP contribution in [0.4, 0.5) is 0 Å². The van der Waals surface area contributed by atoms with Gasteiger partial charge in [-0.3, -0.25) is 0 Å². The topological polar surface area (TPSA) is 12.5 Å². The van der Waals surface area contributed by atoms with Crippen LogP contribution in [-0.2, 0) is 16.7 Å². The molecule has 0 N–H and O–H groups in total. The molecule has 3 heteroatoms. The number of rotatable bonds is 6. The van der Waals surface area contributed by atoms with Crippen LogP contribution in [0.2, 0.25) is 6.32 Å². The third-order valence-corrected chi connectivity index (χ3v) is 6.62. The van der Waals surface area contributed by atoms with Crippen molar-refractivity contribution in [2.45, 2.75) is 43.6 Å². The second kappa shape index (κ2) is 8.18. The fourth-order valence-electron chi connectivity index (χ4n) is 5.34. The first kappa shape index (κ1) is 18.7. The maximum absolute atomic E-state index is 7.05. The van der Waals surface area contributed by atoms with Gasteiger partial charge in [-0.05, 0) is 48.8 Å². The summed E-state index contributed by atoms with van der Waals surface area (Å²) in [5, 5.41) is 0. The molecule has 0 saturated carbocycles. The SMILES string of the molecule is c1ccc(CCCB2OC(c3ccccc3)(c3ccccc3)[C@@H]3CCCN23)cc1. The zero-order valence-corrected chi connectivity index (χ0v) is 16.9. The maximum Gasteiger partial charge on any atom is 0.383 e. The molecule has 2 fully saturated rings. The molecular formula is C26H28BNO. The van der Waals surface area contributed by atoms with E-state index in [0.717, 1.165) is 25.7 Å². The zero-order chi connectivity index (χ0) is 19.5. The van der Waals surface area contributed by atoms with E-state index < -0.39 is 0 Å². The van der Waals surface area contributed by atoms with Gasteiger partial charge in [-0.1, -0.05) is 97.4 Å². The minimum Gasteiger partial charge on any atom is -0.406 e. The molecule has 0 radical (unpaired) electrons. The van der Waals surface area contributed by atoms with E-state index in [4.69, 9.17) is 4.65 Å². The van der Waals surface area contributed by atoms with E-state index in [1.165, 1.54) is 29.5 Å². The summed E-state index contributed by atoms with van der Waals surface area (Å²) in [6, 6.07) is 33.0. The predicted octanol–water partition coefficient (Wildman–Crippen LogP) is 5.55. The molecule has 0 amide bonds. The van der Waals surface area contributed by atoms with Gasteiger partial charge in [0, 0.05) is 6.04 Å². The van der Waals surface area contributed by atoms with Gasteiger partial charge in [0.25, 0.3) is 0 Å². The lowest BCUT2D eigenvalue weighted by Gasteiger charge is -2.36. The van der Waals surface area contributed by atoms with E-state index in [1.54, 1.807) is 0 Å². The molecule has 2 saturated heterocycles. The summed E-state index contributed by atoms with van der Waals surface area (Å²) in [6.07, 6.45) is 5.79. The smallest absolute Gasteiger partial charge is 0.383 e. The van der Waals surface area contributed by atoms with Crippen molar-refractivity contribution in [3.63, 3.8) is 0 Å². The van der Waals surface area contributed by atoms with Gasteiger partial charge in [0.1, 0.15) is 5.60 Å². The van der Waals surface area contributed by atoms with Crippen LogP contribution in [0.1, 0.15) is 36.0 Å². The van der Waals surface area contributed by atoms with Gasteiger partial charge >= 0.3 is 7.05 Å². The molecule has 1 atom stereocenters. The lowest BCUT2D eigenvalue weighted by Crippen LogP contribution is -2.41. The number of aryl methyl sites for hydroxylation is 1. The number of hydrogen-bond acceptors (Lipinski definition) is 2. The highest BCUT2D eigenvalue weighted by molar-refractivity contribution is 6.50. The molecule has 2 nitrogen and oxygen atoms in total. The van der Waals surface area contributed by atoms with E-state index in [1.807, 2.05) is 0 Å². The Morgan fingerprint density at radius 1 is 0.828 bits per heavy atom. The molecule has 0 bridgehead atoms.